The second-order valence-electron chi connectivity index (χ2n) is 24.0. The molecule has 2 aromatic carbocycles. The van der Waals surface area contributed by atoms with E-state index in [0.29, 0.717) is 12.8 Å². The number of aliphatic hydroxyl groups excluding tert-OH is 4. The van der Waals surface area contributed by atoms with Crippen LogP contribution in [0.3, 0.4) is 0 Å². The standard InChI is InChI=1S/C59H88O22/c1-14-15-42(61)71-33(11)53(65)56(68)57(70-13)36-17-34-16-35-18-38(77-44-20-39(25(3)29(7)73-44)78-43-19-37(60)24(2)28(6)72-43)26(4)50(62)48(35)54(66)49(34)55(67)58(36)81-46-22-40(51(63)32(10)76-46)79-45-21-41(52(64)31(9)75-45)80-47-23-59(12,69)27(5)30(8)74-47/h16,18,24-25,27-33,36-37,39-41,43-47,51-53,57-58,60,62-66,69H,14-15,17,19-23H2,1-13H3/t24-,25-,27-,28?,29?,30?,31?,32?,33+,36-,37+,39+,40+,41+,43+,44-,45-,46-,47-,51+,52+,53-,57-,58-,59?/m0/s1. The third-order valence-electron chi connectivity index (χ3n) is 18.2. The van der Waals surface area contributed by atoms with Gasteiger partial charge in [0.05, 0.1) is 71.5 Å². The lowest BCUT2D eigenvalue weighted by atomic mass is 9.75. The van der Waals surface area contributed by atoms with Crippen LogP contribution in [0.25, 0.3) is 10.8 Å². The zero-order chi connectivity index (χ0) is 59.3. The highest BCUT2D eigenvalue weighted by Crippen LogP contribution is 2.48. The maximum absolute atomic E-state index is 15.3. The lowest BCUT2D eigenvalue weighted by Crippen LogP contribution is -2.57. The minimum Gasteiger partial charge on any atom is -0.507 e. The second kappa shape index (κ2) is 25.9. The summed E-state index contributed by atoms with van der Waals surface area (Å²) >= 11 is 0. The Morgan fingerprint density at radius 2 is 1.27 bits per heavy atom. The van der Waals surface area contributed by atoms with Gasteiger partial charge in [0.2, 0.25) is 6.29 Å². The zero-order valence-corrected chi connectivity index (χ0v) is 48.9. The van der Waals surface area contributed by atoms with Crippen LogP contribution in [-0.2, 0) is 68.1 Å². The smallest absolute Gasteiger partial charge is 0.306 e. The molecule has 5 heterocycles. The average molecular weight is 1150 g/mol. The van der Waals surface area contributed by atoms with E-state index in [1.165, 1.54) is 14.0 Å². The highest BCUT2D eigenvalue weighted by atomic mass is 16.7. The first-order valence-corrected chi connectivity index (χ1v) is 28.9. The Labute approximate surface area is 473 Å². The van der Waals surface area contributed by atoms with Gasteiger partial charge in [-0.05, 0) is 91.3 Å². The third-order valence-corrected chi connectivity index (χ3v) is 18.2. The van der Waals surface area contributed by atoms with Crippen LogP contribution in [0, 0.1) is 30.6 Å². The molecular weight excluding hydrogens is 1060 g/mol. The van der Waals surface area contributed by atoms with E-state index >= 15 is 4.79 Å². The number of hydrogen-bond acceptors (Lipinski definition) is 22. The monoisotopic (exact) mass is 1150 g/mol. The molecular formula is C59H88O22. The van der Waals surface area contributed by atoms with Crippen LogP contribution < -0.4 is 4.74 Å². The number of esters is 1. The minimum atomic E-state index is -1.91. The zero-order valence-electron chi connectivity index (χ0n) is 48.9. The number of ketones is 2. The number of rotatable bonds is 18. The summed E-state index contributed by atoms with van der Waals surface area (Å²) < 4.78 is 74.2. The van der Waals surface area contributed by atoms with Crippen molar-refractivity contribution in [2.75, 3.05) is 7.11 Å². The van der Waals surface area contributed by atoms with Crippen LogP contribution in [0.2, 0.25) is 0 Å². The molecule has 456 valence electrons. The number of aliphatic hydroxyl groups is 5. The SMILES string of the molecule is CCCC(=O)O[C@H](C)[C@H](O)C(=O)[C@@H](OC)[C@@H]1Cc2cc3cc(O[C@H]4C[C@@H](O[C@@H]5C[C@@H](O)[C@@H](C)C(C)O5)[C@@H](C)C(C)O4)c(C)c(O)c3c(O)c2C(=O)[C@H]1O[C@H]1C[C@@H](O[C@H]2C[C@@H](O[C@H]3CC(C)(O)[C@@H](C)C(C)O3)[C@H](O)C(C)O2)[C@H](O)C(C)O1. The van der Waals surface area contributed by atoms with Gasteiger partial charge in [-0.15, -0.1) is 0 Å². The molecule has 22 nitrogen and oxygen atoms in total. The third kappa shape index (κ3) is 13.6. The Morgan fingerprint density at radius 1 is 0.728 bits per heavy atom. The molecule has 0 bridgehead atoms. The fourth-order valence-corrected chi connectivity index (χ4v) is 12.3. The first kappa shape index (κ1) is 63.3. The highest BCUT2D eigenvalue weighted by Gasteiger charge is 2.51. The van der Waals surface area contributed by atoms with Gasteiger partial charge in [0.25, 0.3) is 0 Å². The quantitative estimate of drug-likeness (QED) is 0.0974. The first-order valence-electron chi connectivity index (χ1n) is 28.9. The van der Waals surface area contributed by atoms with Crippen molar-refractivity contribution < 1.29 is 107 Å². The Kier molecular flexibility index (Phi) is 20.2. The molecule has 5 aliphatic heterocycles. The molecule has 0 aromatic heterocycles. The topological polar surface area (TPSA) is 304 Å². The lowest BCUT2D eigenvalue weighted by Gasteiger charge is -2.46. The van der Waals surface area contributed by atoms with Crippen molar-refractivity contribution in [1.82, 2.24) is 0 Å². The average Bonchev–Trinajstić information content (AvgIpc) is 2.71. The molecule has 5 saturated heterocycles. The number of benzene rings is 2. The minimum absolute atomic E-state index is 0.00452. The van der Waals surface area contributed by atoms with Crippen LogP contribution in [0.1, 0.15) is 143 Å². The molecule has 25 atom stereocenters. The number of phenols is 2. The van der Waals surface area contributed by atoms with Gasteiger partial charge in [0.15, 0.2) is 42.8 Å². The fraction of sp³-hybridized carbons (Fsp3) is 0.780. The summed E-state index contributed by atoms with van der Waals surface area (Å²) in [4.78, 5) is 42.2. The highest BCUT2D eigenvalue weighted by molar-refractivity contribution is 6.11. The van der Waals surface area contributed by atoms with Crippen LogP contribution in [0.4, 0.5) is 0 Å². The largest absolute Gasteiger partial charge is 0.507 e. The molecule has 7 N–H and O–H groups in total. The van der Waals surface area contributed by atoms with Crippen molar-refractivity contribution in [2.45, 2.75) is 263 Å². The summed E-state index contributed by atoms with van der Waals surface area (Å²) in [7, 11) is 1.22. The molecule has 81 heavy (non-hydrogen) atoms. The second-order valence-corrected chi connectivity index (χ2v) is 24.0. The van der Waals surface area contributed by atoms with Gasteiger partial charge in [0, 0.05) is 74.9 Å². The maximum atomic E-state index is 15.3. The van der Waals surface area contributed by atoms with E-state index in [-0.39, 0.29) is 120 Å². The summed E-state index contributed by atoms with van der Waals surface area (Å²) in [6.45, 7) is 21.1. The predicted molar refractivity (Wildman–Crippen MR) is 287 cm³/mol. The molecule has 6 unspecified atom stereocenters. The van der Waals surface area contributed by atoms with Crippen LogP contribution >= 0.6 is 0 Å². The summed E-state index contributed by atoms with van der Waals surface area (Å²) in [5, 5.41) is 80.3. The van der Waals surface area contributed by atoms with E-state index in [9.17, 15) is 45.3 Å². The van der Waals surface area contributed by atoms with Crippen molar-refractivity contribution in [3.63, 3.8) is 0 Å². The Bertz CT molecular complexity index is 2510. The molecule has 22 heteroatoms. The number of methoxy groups -OCH3 is 1. The van der Waals surface area contributed by atoms with E-state index in [4.69, 9.17) is 56.8 Å². The van der Waals surface area contributed by atoms with Gasteiger partial charge in [-0.25, -0.2) is 0 Å². The van der Waals surface area contributed by atoms with E-state index in [1.54, 1.807) is 46.8 Å². The number of aromatic hydroxyl groups is 2. The van der Waals surface area contributed by atoms with E-state index in [1.807, 2.05) is 41.5 Å². The molecule has 0 amide bonds. The van der Waals surface area contributed by atoms with Gasteiger partial charge >= 0.3 is 5.97 Å². The van der Waals surface area contributed by atoms with Crippen molar-refractivity contribution in [1.29, 1.82) is 0 Å². The van der Waals surface area contributed by atoms with Gasteiger partial charge in [-0.3, -0.25) is 14.4 Å². The van der Waals surface area contributed by atoms with E-state index < -0.39 is 133 Å². The van der Waals surface area contributed by atoms with Crippen LogP contribution in [0.5, 0.6) is 17.2 Å². The lowest BCUT2D eigenvalue weighted by molar-refractivity contribution is -0.331. The van der Waals surface area contributed by atoms with E-state index in [0.717, 1.165) is 0 Å². The molecule has 5 fully saturated rings. The predicted octanol–water partition coefficient (Wildman–Crippen LogP) is 4.93. The van der Waals surface area contributed by atoms with Gasteiger partial charge in [-0.1, -0.05) is 27.7 Å². The Balaban J connectivity index is 1.07. The molecule has 2 aromatic rings. The number of fused-ring (bicyclic) bond motifs is 2. The van der Waals surface area contributed by atoms with Gasteiger partial charge in [-0.2, -0.15) is 0 Å². The number of ether oxygens (including phenoxy) is 12. The molecule has 0 saturated carbocycles. The van der Waals surface area contributed by atoms with Crippen molar-refractivity contribution in [2.24, 2.45) is 23.7 Å². The summed E-state index contributed by atoms with van der Waals surface area (Å²) in [5.74, 6) is -4.66. The Hall–Kier alpha value is -3.69. The molecule has 0 spiro atoms. The number of carbonyl (C=O) groups is 3. The van der Waals surface area contributed by atoms with Crippen molar-refractivity contribution in [3.8, 4) is 17.2 Å². The normalized spacial score (nSPS) is 40.5. The maximum Gasteiger partial charge on any atom is 0.306 e. The number of phenolic OH excluding ortho intramolecular Hbond substituents is 2. The van der Waals surface area contributed by atoms with Gasteiger partial charge in [0.1, 0.15) is 47.8 Å². The molecule has 0 radical (unpaired) electrons. The van der Waals surface area contributed by atoms with Gasteiger partial charge < -0.3 is 92.6 Å². The van der Waals surface area contributed by atoms with Crippen LogP contribution in [0.15, 0.2) is 12.1 Å². The number of Topliss-reactive ketones (excluding diaryl/α,β-unsaturated/α-hetero) is 2. The van der Waals surface area contributed by atoms with Crippen molar-refractivity contribution in [3.05, 3.63) is 28.8 Å². The van der Waals surface area contributed by atoms with Crippen LogP contribution in [-0.4, -0.2) is 189 Å². The van der Waals surface area contributed by atoms with E-state index in [2.05, 4.69) is 0 Å². The fourth-order valence-electron chi connectivity index (χ4n) is 12.3. The summed E-state index contributed by atoms with van der Waals surface area (Å²) in [6.07, 6.45) is -18.2. The number of carbonyl (C=O) groups excluding carboxylic acids is 3. The summed E-state index contributed by atoms with van der Waals surface area (Å²) in [5.41, 5.74) is -0.843. The first-order chi connectivity index (χ1) is 38.1. The molecule has 1 aliphatic carbocycles. The Morgan fingerprint density at radius 3 is 1.88 bits per heavy atom. The van der Waals surface area contributed by atoms with Crippen molar-refractivity contribution >= 4 is 28.3 Å². The molecule has 6 aliphatic rings. The summed E-state index contributed by atoms with van der Waals surface area (Å²) in [6, 6.07) is 3.20. The number of hydrogen-bond donors (Lipinski definition) is 7. The molecule has 8 rings (SSSR count).